The Labute approximate surface area is 370 Å². The van der Waals surface area contributed by atoms with E-state index in [-0.39, 0.29) is 0 Å². The molecule has 7 aliphatic carbocycles. The van der Waals surface area contributed by atoms with Gasteiger partial charge >= 0.3 is 0 Å². The molecule has 0 spiro atoms. The van der Waals surface area contributed by atoms with E-state index >= 15 is 0 Å². The second-order valence-corrected chi connectivity index (χ2v) is 17.8. The molecule has 3 atom stereocenters. The van der Waals surface area contributed by atoms with Crippen molar-refractivity contribution in [2.45, 2.75) is 95.4 Å². The van der Waals surface area contributed by atoms with Crippen molar-refractivity contribution in [1.82, 2.24) is 0 Å². The minimum atomic E-state index is 0.364. The molecule has 0 N–H and O–H groups in total. The topological polar surface area (TPSA) is 6.48 Å². The molecule has 0 fully saturated rings. The number of hydrogen-bond acceptors (Lipinski definition) is 2. The fourth-order valence-electron chi connectivity index (χ4n) is 10.3. The summed E-state index contributed by atoms with van der Waals surface area (Å²) in [5, 5.41) is 0. The van der Waals surface area contributed by atoms with Crippen LogP contribution < -0.4 is 9.80 Å². The molecule has 2 nitrogen and oxygen atoms in total. The SMILES string of the molecule is C1=CCCC(C2C=CC(N(C3=CC=C(c4ccc(N(C5=CCC(c6ccc(C7=CCCC=C7)cc6)C=C5)C5C=CCCC5)cc4)CC3)c3ccc(C4=CCCC=C4)cc3)=CC2)=C1. The smallest absolute Gasteiger partial charge is 0.0522 e. The van der Waals surface area contributed by atoms with Gasteiger partial charge in [-0.2, -0.15) is 0 Å². The predicted molar refractivity (Wildman–Crippen MR) is 265 cm³/mol. The maximum absolute atomic E-state index is 2.59. The summed E-state index contributed by atoms with van der Waals surface area (Å²) in [6.45, 7) is 0. The third-order valence-electron chi connectivity index (χ3n) is 13.8. The number of allylic oxidation sites excluding steroid dienone is 23. The molecule has 310 valence electrons. The van der Waals surface area contributed by atoms with Gasteiger partial charge in [0, 0.05) is 40.3 Å². The van der Waals surface area contributed by atoms with Gasteiger partial charge in [0.25, 0.3) is 0 Å². The molecule has 0 saturated carbocycles. The Kier molecular flexibility index (Phi) is 12.2. The summed E-state index contributed by atoms with van der Waals surface area (Å²) in [6, 6.07) is 28.4. The number of benzene rings is 3. The van der Waals surface area contributed by atoms with Crippen LogP contribution in [0.25, 0.3) is 16.7 Å². The highest BCUT2D eigenvalue weighted by Crippen LogP contribution is 2.39. The van der Waals surface area contributed by atoms with Gasteiger partial charge in [-0.15, -0.1) is 0 Å². The van der Waals surface area contributed by atoms with Crippen molar-refractivity contribution >= 4 is 28.1 Å². The highest BCUT2D eigenvalue weighted by molar-refractivity contribution is 5.78. The van der Waals surface area contributed by atoms with E-state index in [1.807, 2.05) is 0 Å². The van der Waals surface area contributed by atoms with Crippen LogP contribution in [0.1, 0.15) is 112 Å². The van der Waals surface area contributed by atoms with Gasteiger partial charge in [0.1, 0.15) is 0 Å². The maximum Gasteiger partial charge on any atom is 0.0522 e. The van der Waals surface area contributed by atoms with Crippen LogP contribution in [-0.4, -0.2) is 6.04 Å². The van der Waals surface area contributed by atoms with Gasteiger partial charge in [-0.25, -0.2) is 0 Å². The molecule has 3 unspecified atom stereocenters. The van der Waals surface area contributed by atoms with E-state index < -0.39 is 0 Å². The molecule has 2 heteroatoms. The zero-order valence-corrected chi connectivity index (χ0v) is 36.2. The second kappa shape index (κ2) is 18.9. The lowest BCUT2D eigenvalue weighted by Gasteiger charge is -2.36. The first kappa shape index (κ1) is 40.0. The molecule has 3 aromatic carbocycles. The molecule has 0 aliphatic heterocycles. The Balaban J connectivity index is 0.876. The quantitative estimate of drug-likeness (QED) is 0.178. The van der Waals surface area contributed by atoms with Gasteiger partial charge in [0.05, 0.1) is 6.04 Å². The standard InChI is InChI=1S/C60H60N2/c1-5-13-45(14-6-1)48-21-23-49(24-22-48)52-29-39-56(40-30-52)61(55-19-11-4-12-20-55)57-41-31-53(32-42-57)54-33-43-60(44-34-54)62(58-35-25-50(26-36-58)46-15-7-2-8-16-46)59-37-27-51(28-38-59)47-17-9-3-10-18-47/h2,5,7,9,11,13-15,17-19,21-25,27-29,31-33,35-43,50,52,55H,1,3-4,6,8,10,12,16,20,26,30,34,44H2. The Morgan fingerprint density at radius 3 is 1.74 bits per heavy atom. The fourth-order valence-corrected chi connectivity index (χ4v) is 10.3. The van der Waals surface area contributed by atoms with Gasteiger partial charge < -0.3 is 9.80 Å². The lowest BCUT2D eigenvalue weighted by Crippen LogP contribution is -2.34. The van der Waals surface area contributed by atoms with Crippen LogP contribution in [0.5, 0.6) is 0 Å². The average molecular weight is 809 g/mol. The molecular formula is C60H60N2. The fraction of sp³-hybridized carbons (Fsp3) is 0.267. The zero-order valence-electron chi connectivity index (χ0n) is 36.2. The monoisotopic (exact) mass is 808 g/mol. The van der Waals surface area contributed by atoms with Crippen LogP contribution in [0.2, 0.25) is 0 Å². The van der Waals surface area contributed by atoms with Gasteiger partial charge in [0.15, 0.2) is 0 Å². The summed E-state index contributed by atoms with van der Waals surface area (Å²) in [4.78, 5) is 5.10. The van der Waals surface area contributed by atoms with E-state index in [0.717, 1.165) is 57.8 Å². The summed E-state index contributed by atoms with van der Waals surface area (Å²) < 4.78 is 0. The van der Waals surface area contributed by atoms with E-state index in [0.29, 0.717) is 17.9 Å². The van der Waals surface area contributed by atoms with Gasteiger partial charge in [-0.05, 0) is 165 Å². The Bertz CT molecular complexity index is 2530. The van der Waals surface area contributed by atoms with Crippen LogP contribution in [0.4, 0.5) is 11.4 Å². The largest absolute Gasteiger partial charge is 0.335 e. The predicted octanol–water partition coefficient (Wildman–Crippen LogP) is 16.0. The van der Waals surface area contributed by atoms with E-state index in [1.54, 1.807) is 5.57 Å². The molecule has 3 aromatic rings. The summed E-state index contributed by atoms with van der Waals surface area (Å²) in [5.41, 5.74) is 17.4. The number of hydrogen-bond donors (Lipinski definition) is 0. The third kappa shape index (κ3) is 8.93. The van der Waals surface area contributed by atoms with Crippen molar-refractivity contribution in [3.05, 3.63) is 233 Å². The van der Waals surface area contributed by atoms with E-state index in [4.69, 9.17) is 0 Å². The number of rotatable bonds is 11. The number of anilines is 2. The summed E-state index contributed by atoms with van der Waals surface area (Å²) in [6.07, 6.45) is 59.4. The van der Waals surface area contributed by atoms with Gasteiger partial charge in [0.2, 0.25) is 0 Å². The van der Waals surface area contributed by atoms with E-state index in [2.05, 4.69) is 198 Å². The van der Waals surface area contributed by atoms with Crippen LogP contribution in [-0.2, 0) is 0 Å². The molecule has 0 amide bonds. The second-order valence-electron chi connectivity index (χ2n) is 17.8. The van der Waals surface area contributed by atoms with Crippen molar-refractivity contribution in [2.24, 2.45) is 5.92 Å². The van der Waals surface area contributed by atoms with Crippen molar-refractivity contribution in [3.63, 3.8) is 0 Å². The first-order chi connectivity index (χ1) is 30.7. The van der Waals surface area contributed by atoms with Crippen molar-refractivity contribution in [2.75, 3.05) is 9.80 Å². The minimum Gasteiger partial charge on any atom is -0.335 e. The van der Waals surface area contributed by atoms with Gasteiger partial charge in [-0.3, -0.25) is 0 Å². The average Bonchev–Trinajstić information content (AvgIpc) is 3.36. The van der Waals surface area contributed by atoms with Crippen LogP contribution in [0.3, 0.4) is 0 Å². The summed E-state index contributed by atoms with van der Waals surface area (Å²) >= 11 is 0. The van der Waals surface area contributed by atoms with Crippen LogP contribution >= 0.6 is 0 Å². The van der Waals surface area contributed by atoms with Gasteiger partial charge in [-0.1, -0.05) is 151 Å². The highest BCUT2D eigenvalue weighted by atomic mass is 15.2. The lowest BCUT2D eigenvalue weighted by molar-refractivity contribution is 0.618. The molecule has 7 aliphatic rings. The van der Waals surface area contributed by atoms with E-state index in [1.165, 1.54) is 93.1 Å². The molecule has 0 radical (unpaired) electrons. The molecule has 0 aromatic heterocycles. The maximum atomic E-state index is 2.59. The summed E-state index contributed by atoms with van der Waals surface area (Å²) in [7, 11) is 0. The molecule has 0 heterocycles. The Morgan fingerprint density at radius 1 is 0.468 bits per heavy atom. The molecule has 10 rings (SSSR count). The van der Waals surface area contributed by atoms with Crippen LogP contribution in [0, 0.1) is 5.92 Å². The third-order valence-corrected chi connectivity index (χ3v) is 13.8. The van der Waals surface area contributed by atoms with E-state index in [9.17, 15) is 0 Å². The molecule has 0 saturated heterocycles. The van der Waals surface area contributed by atoms with Crippen molar-refractivity contribution in [1.29, 1.82) is 0 Å². The normalized spacial score (nSPS) is 23.1. The Hall–Kier alpha value is -6.12. The first-order valence-electron chi connectivity index (χ1n) is 23.6. The lowest BCUT2D eigenvalue weighted by atomic mass is 9.86. The molecular weight excluding hydrogens is 749 g/mol. The van der Waals surface area contributed by atoms with Crippen molar-refractivity contribution in [3.8, 4) is 0 Å². The van der Waals surface area contributed by atoms with Crippen LogP contribution in [0.15, 0.2) is 211 Å². The summed E-state index contributed by atoms with van der Waals surface area (Å²) in [5.74, 6) is 0.891. The molecule has 0 bridgehead atoms. The molecule has 62 heavy (non-hydrogen) atoms. The zero-order chi connectivity index (χ0) is 41.5. The Morgan fingerprint density at radius 2 is 1.15 bits per heavy atom. The minimum absolute atomic E-state index is 0.364. The first-order valence-corrected chi connectivity index (χ1v) is 23.6. The highest BCUT2D eigenvalue weighted by Gasteiger charge is 2.25. The van der Waals surface area contributed by atoms with Crippen molar-refractivity contribution < 1.29 is 0 Å². The number of nitrogens with zero attached hydrogens (tertiary/aromatic N) is 2.